The molecule has 1 amide bonds. The maximum absolute atomic E-state index is 12.8. The summed E-state index contributed by atoms with van der Waals surface area (Å²) < 4.78 is 0. The molecule has 0 aliphatic heterocycles. The zero-order chi connectivity index (χ0) is 15.4. The molecule has 0 unspecified atom stereocenters. The fourth-order valence-electron chi connectivity index (χ4n) is 2.19. The molecule has 3 rings (SSSR count). The van der Waals surface area contributed by atoms with Gasteiger partial charge in [0.15, 0.2) is 0 Å². The Morgan fingerprint density at radius 1 is 1.23 bits per heavy atom. The Kier molecular flexibility index (Phi) is 4.65. The van der Waals surface area contributed by atoms with Crippen molar-refractivity contribution in [2.24, 2.45) is 0 Å². The first-order chi connectivity index (χ1) is 10.7. The summed E-state index contributed by atoms with van der Waals surface area (Å²) in [5.41, 5.74) is 3.18. The van der Waals surface area contributed by atoms with Gasteiger partial charge in [-0.05, 0) is 58.5 Å². The molecule has 0 aromatic carbocycles. The molecule has 0 spiro atoms. The third-order valence-corrected chi connectivity index (χ3v) is 5.03. The van der Waals surface area contributed by atoms with Crippen molar-refractivity contribution in [1.82, 2.24) is 9.88 Å². The number of hydrogen-bond donors (Lipinski definition) is 0. The zero-order valence-electron chi connectivity index (χ0n) is 12.2. The van der Waals surface area contributed by atoms with Gasteiger partial charge in [-0.15, -0.1) is 11.3 Å². The maximum atomic E-state index is 12.8. The van der Waals surface area contributed by atoms with Crippen LogP contribution in [0.4, 0.5) is 0 Å². The summed E-state index contributed by atoms with van der Waals surface area (Å²) in [6, 6.07) is 9.80. The first-order valence-corrected chi connectivity index (χ1v) is 8.80. The molecule has 0 saturated carbocycles. The molecule has 0 fully saturated rings. The zero-order valence-corrected chi connectivity index (χ0v) is 13.9. The van der Waals surface area contributed by atoms with Crippen LogP contribution >= 0.6 is 22.7 Å². The number of rotatable bonds is 5. The Labute approximate surface area is 137 Å². The van der Waals surface area contributed by atoms with Gasteiger partial charge >= 0.3 is 0 Å². The van der Waals surface area contributed by atoms with Crippen molar-refractivity contribution in [3.8, 4) is 0 Å². The molecule has 22 heavy (non-hydrogen) atoms. The van der Waals surface area contributed by atoms with Crippen LogP contribution in [0.25, 0.3) is 0 Å². The molecule has 0 atom stereocenters. The van der Waals surface area contributed by atoms with Gasteiger partial charge in [-0.2, -0.15) is 11.3 Å². The Morgan fingerprint density at radius 3 is 2.77 bits per heavy atom. The Balaban J connectivity index is 1.83. The number of hydrogen-bond acceptors (Lipinski definition) is 4. The molecule has 5 heteroatoms. The van der Waals surface area contributed by atoms with E-state index in [0.717, 1.165) is 21.7 Å². The third kappa shape index (κ3) is 3.61. The number of aryl methyl sites for hydroxylation is 1. The number of nitrogens with zero attached hydrogens (tertiary/aromatic N) is 2. The van der Waals surface area contributed by atoms with E-state index in [4.69, 9.17) is 0 Å². The number of carbonyl (C=O) groups is 1. The van der Waals surface area contributed by atoms with E-state index in [1.807, 2.05) is 46.8 Å². The minimum absolute atomic E-state index is 0.0648. The van der Waals surface area contributed by atoms with Crippen LogP contribution in [0.1, 0.15) is 26.5 Å². The average Bonchev–Trinajstić information content (AvgIpc) is 3.18. The molecule has 0 bridgehead atoms. The monoisotopic (exact) mass is 328 g/mol. The van der Waals surface area contributed by atoms with Crippen molar-refractivity contribution < 1.29 is 4.79 Å². The second kappa shape index (κ2) is 6.85. The van der Waals surface area contributed by atoms with Crippen molar-refractivity contribution in [3.63, 3.8) is 0 Å². The highest BCUT2D eigenvalue weighted by molar-refractivity contribution is 7.12. The summed E-state index contributed by atoms with van der Waals surface area (Å²) in [5, 5.41) is 6.13. The van der Waals surface area contributed by atoms with Gasteiger partial charge in [-0.1, -0.05) is 6.07 Å². The van der Waals surface area contributed by atoms with Crippen molar-refractivity contribution in [2.45, 2.75) is 20.0 Å². The highest BCUT2D eigenvalue weighted by atomic mass is 32.1. The number of aromatic nitrogens is 1. The second-order valence-electron chi connectivity index (χ2n) is 5.10. The smallest absolute Gasteiger partial charge is 0.264 e. The molecular formula is C17H16N2OS2. The molecule has 3 nitrogen and oxygen atoms in total. The Hall–Kier alpha value is -1.98. The van der Waals surface area contributed by atoms with E-state index in [1.54, 1.807) is 17.5 Å². The van der Waals surface area contributed by atoms with Gasteiger partial charge in [-0.25, -0.2) is 0 Å². The summed E-state index contributed by atoms with van der Waals surface area (Å²) in [5.74, 6) is 0.0648. The van der Waals surface area contributed by atoms with Crippen LogP contribution in [0.15, 0.2) is 52.7 Å². The topological polar surface area (TPSA) is 33.2 Å². The summed E-state index contributed by atoms with van der Waals surface area (Å²) in [4.78, 5) is 19.8. The van der Waals surface area contributed by atoms with Gasteiger partial charge in [-0.3, -0.25) is 9.78 Å². The molecule has 0 radical (unpaired) electrons. The lowest BCUT2D eigenvalue weighted by atomic mass is 10.2. The molecule has 3 aromatic heterocycles. The SMILES string of the molecule is Cc1csc(C(=O)N(Cc2ccsc2)Cc2ccccn2)c1. The van der Waals surface area contributed by atoms with Crippen LogP contribution in [0, 0.1) is 6.92 Å². The molecule has 3 aromatic rings. The van der Waals surface area contributed by atoms with Gasteiger partial charge < -0.3 is 4.90 Å². The van der Waals surface area contributed by atoms with E-state index in [0.29, 0.717) is 13.1 Å². The van der Waals surface area contributed by atoms with E-state index in [2.05, 4.69) is 16.4 Å². The van der Waals surface area contributed by atoms with Crippen molar-refractivity contribution >= 4 is 28.6 Å². The van der Waals surface area contributed by atoms with Gasteiger partial charge in [0.1, 0.15) is 0 Å². The van der Waals surface area contributed by atoms with Crippen LogP contribution in [-0.2, 0) is 13.1 Å². The standard InChI is InChI=1S/C17H16N2OS2/c1-13-8-16(22-11-13)17(20)19(9-14-5-7-21-12-14)10-15-4-2-3-6-18-15/h2-8,11-12H,9-10H2,1H3. The van der Waals surface area contributed by atoms with Crippen molar-refractivity contribution in [3.05, 3.63) is 74.4 Å². The lowest BCUT2D eigenvalue weighted by Gasteiger charge is -2.21. The highest BCUT2D eigenvalue weighted by Crippen LogP contribution is 2.20. The largest absolute Gasteiger partial charge is 0.328 e. The van der Waals surface area contributed by atoms with Gasteiger partial charge in [0.25, 0.3) is 5.91 Å². The first kappa shape index (κ1) is 14.9. The van der Waals surface area contributed by atoms with Crippen molar-refractivity contribution in [2.75, 3.05) is 0 Å². The lowest BCUT2D eigenvalue weighted by Crippen LogP contribution is -2.29. The minimum Gasteiger partial charge on any atom is -0.328 e. The summed E-state index contributed by atoms with van der Waals surface area (Å²) in [6.45, 7) is 3.14. The van der Waals surface area contributed by atoms with E-state index < -0.39 is 0 Å². The van der Waals surface area contributed by atoms with E-state index >= 15 is 0 Å². The van der Waals surface area contributed by atoms with Gasteiger partial charge in [0.05, 0.1) is 17.1 Å². The third-order valence-electron chi connectivity index (χ3n) is 3.26. The predicted molar refractivity (Wildman–Crippen MR) is 91.2 cm³/mol. The number of carbonyl (C=O) groups excluding carboxylic acids is 1. The quantitative estimate of drug-likeness (QED) is 0.697. The summed E-state index contributed by atoms with van der Waals surface area (Å²) in [7, 11) is 0. The molecule has 0 aliphatic carbocycles. The lowest BCUT2D eigenvalue weighted by molar-refractivity contribution is 0.0733. The fraction of sp³-hybridized carbons (Fsp3) is 0.176. The number of pyridine rings is 1. The summed E-state index contributed by atoms with van der Waals surface area (Å²) in [6.07, 6.45) is 1.76. The van der Waals surface area contributed by atoms with E-state index in [-0.39, 0.29) is 5.91 Å². The normalized spacial score (nSPS) is 10.6. The Bertz CT molecular complexity index is 735. The fourth-order valence-corrected chi connectivity index (χ4v) is 3.71. The molecule has 0 aliphatic rings. The molecule has 0 saturated heterocycles. The predicted octanol–water partition coefficient (Wildman–Crippen LogP) is 4.36. The molecule has 3 heterocycles. The second-order valence-corrected chi connectivity index (χ2v) is 6.79. The number of amides is 1. The van der Waals surface area contributed by atoms with E-state index in [1.165, 1.54) is 11.3 Å². The average molecular weight is 328 g/mol. The molecule has 0 N–H and O–H groups in total. The summed E-state index contributed by atoms with van der Waals surface area (Å²) >= 11 is 3.15. The molecule has 112 valence electrons. The molecular weight excluding hydrogens is 312 g/mol. The van der Waals surface area contributed by atoms with Crippen LogP contribution in [0.2, 0.25) is 0 Å². The minimum atomic E-state index is 0.0648. The number of thiophene rings is 2. The van der Waals surface area contributed by atoms with Crippen LogP contribution in [0.3, 0.4) is 0 Å². The van der Waals surface area contributed by atoms with Crippen LogP contribution in [-0.4, -0.2) is 15.8 Å². The van der Waals surface area contributed by atoms with E-state index in [9.17, 15) is 4.79 Å². The Morgan fingerprint density at radius 2 is 2.14 bits per heavy atom. The van der Waals surface area contributed by atoms with Crippen LogP contribution < -0.4 is 0 Å². The highest BCUT2D eigenvalue weighted by Gasteiger charge is 2.18. The van der Waals surface area contributed by atoms with Gasteiger partial charge in [0, 0.05) is 12.7 Å². The van der Waals surface area contributed by atoms with Crippen molar-refractivity contribution in [1.29, 1.82) is 0 Å². The first-order valence-electron chi connectivity index (χ1n) is 6.98. The maximum Gasteiger partial charge on any atom is 0.264 e. The van der Waals surface area contributed by atoms with Crippen LogP contribution in [0.5, 0.6) is 0 Å². The van der Waals surface area contributed by atoms with Gasteiger partial charge in [0.2, 0.25) is 0 Å².